The highest BCUT2D eigenvalue weighted by Gasteiger charge is 2.63. The molecular formula is C29H50O6. The Morgan fingerprint density at radius 3 is 2.26 bits per heavy atom. The van der Waals surface area contributed by atoms with Crippen LogP contribution in [0, 0.1) is 58.2 Å². The van der Waals surface area contributed by atoms with Crippen LogP contribution in [0.2, 0.25) is 0 Å². The largest absolute Gasteiger partial charge is 0.465 e. The van der Waals surface area contributed by atoms with E-state index in [1.807, 2.05) is 0 Å². The fraction of sp³-hybridized carbons (Fsp3) is 0.966. The maximum absolute atomic E-state index is 13.0. The van der Waals surface area contributed by atoms with Crippen molar-refractivity contribution >= 4 is 5.97 Å². The summed E-state index contributed by atoms with van der Waals surface area (Å²) in [5.74, 6) is 1.01. The Balaban J connectivity index is 1.57. The Morgan fingerprint density at radius 1 is 0.971 bits per heavy atom. The molecule has 0 spiro atoms. The molecule has 0 amide bonds. The highest BCUT2D eigenvalue weighted by molar-refractivity contribution is 5.74. The lowest BCUT2D eigenvalue weighted by Crippen LogP contribution is -2.55. The van der Waals surface area contributed by atoms with Crippen LogP contribution in [0.3, 0.4) is 0 Å². The second-order valence-corrected chi connectivity index (χ2v) is 13.5. The standard InChI is InChI=1S/C29H50O6/c1-7-17(15(2)3)26(33)25(32)16(4)19-8-9-20-18-14-35-27(34)22-12-23(30)24(31)13-29(22,6)21(18)10-11-28(19,20)5/h15-26,30-33H,7-14H2,1-6H3/t16-,17-,18-,19+,20-,21-,22+,23-,24+,25+,26+,28-,29-/m0/s1. The van der Waals surface area contributed by atoms with Crippen molar-refractivity contribution in [3.8, 4) is 0 Å². The number of hydrogen-bond acceptors (Lipinski definition) is 6. The van der Waals surface area contributed by atoms with Gasteiger partial charge in [0.25, 0.3) is 0 Å². The average molecular weight is 495 g/mol. The van der Waals surface area contributed by atoms with Crippen LogP contribution in [-0.4, -0.2) is 57.4 Å². The maximum Gasteiger partial charge on any atom is 0.309 e. The van der Waals surface area contributed by atoms with Crippen LogP contribution in [0.5, 0.6) is 0 Å². The quantitative estimate of drug-likeness (QED) is 0.419. The van der Waals surface area contributed by atoms with Gasteiger partial charge in [0.05, 0.1) is 36.9 Å². The first-order chi connectivity index (χ1) is 16.4. The second-order valence-electron chi connectivity index (χ2n) is 13.5. The predicted molar refractivity (Wildman–Crippen MR) is 134 cm³/mol. The lowest BCUT2D eigenvalue weighted by atomic mass is 9.48. The smallest absolute Gasteiger partial charge is 0.309 e. The third-order valence-electron chi connectivity index (χ3n) is 11.7. The van der Waals surface area contributed by atoms with Gasteiger partial charge in [0.2, 0.25) is 0 Å². The fourth-order valence-corrected chi connectivity index (χ4v) is 9.60. The predicted octanol–water partition coefficient (Wildman–Crippen LogP) is 3.78. The topological polar surface area (TPSA) is 107 Å². The number of hydrogen-bond donors (Lipinski definition) is 4. The Bertz CT molecular complexity index is 770. The molecule has 1 heterocycles. The van der Waals surface area contributed by atoms with E-state index in [0.29, 0.717) is 30.8 Å². The minimum absolute atomic E-state index is 0.00679. The number of esters is 1. The number of cyclic esters (lactones) is 1. The number of rotatable bonds is 6. The van der Waals surface area contributed by atoms with Crippen molar-refractivity contribution in [2.75, 3.05) is 6.61 Å². The molecule has 4 fully saturated rings. The number of aliphatic hydroxyl groups is 4. The molecule has 0 bridgehead atoms. The van der Waals surface area contributed by atoms with Crippen LogP contribution >= 0.6 is 0 Å². The van der Waals surface area contributed by atoms with Crippen LogP contribution < -0.4 is 0 Å². The van der Waals surface area contributed by atoms with E-state index >= 15 is 0 Å². The van der Waals surface area contributed by atoms with E-state index in [1.54, 1.807) is 0 Å². The molecule has 4 aliphatic rings. The van der Waals surface area contributed by atoms with Crippen molar-refractivity contribution in [3.63, 3.8) is 0 Å². The van der Waals surface area contributed by atoms with E-state index in [-0.39, 0.29) is 52.8 Å². The summed E-state index contributed by atoms with van der Waals surface area (Å²) in [6.07, 6.45) is 2.49. The molecule has 4 N–H and O–H groups in total. The lowest BCUT2D eigenvalue weighted by Gasteiger charge is -2.56. The molecule has 1 saturated heterocycles. The van der Waals surface area contributed by atoms with Gasteiger partial charge < -0.3 is 25.2 Å². The van der Waals surface area contributed by atoms with Crippen molar-refractivity contribution in [3.05, 3.63) is 0 Å². The molecule has 1 aliphatic heterocycles. The number of fused-ring (bicyclic) bond motifs is 5. The summed E-state index contributed by atoms with van der Waals surface area (Å²) in [5.41, 5.74) is -0.348. The Morgan fingerprint density at radius 2 is 1.63 bits per heavy atom. The van der Waals surface area contributed by atoms with Crippen LogP contribution in [0.15, 0.2) is 0 Å². The molecule has 13 atom stereocenters. The minimum Gasteiger partial charge on any atom is -0.465 e. The third-order valence-corrected chi connectivity index (χ3v) is 11.7. The van der Waals surface area contributed by atoms with Crippen molar-refractivity contribution in [1.82, 2.24) is 0 Å². The summed E-state index contributed by atoms with van der Waals surface area (Å²) >= 11 is 0. The molecule has 4 rings (SSSR count). The van der Waals surface area contributed by atoms with Crippen molar-refractivity contribution in [1.29, 1.82) is 0 Å². The van der Waals surface area contributed by atoms with Crippen LogP contribution in [-0.2, 0) is 9.53 Å². The summed E-state index contributed by atoms with van der Waals surface area (Å²) in [6, 6.07) is 0. The Labute approximate surface area is 211 Å². The summed E-state index contributed by atoms with van der Waals surface area (Å²) in [6.45, 7) is 13.4. The second kappa shape index (κ2) is 9.89. The van der Waals surface area contributed by atoms with Gasteiger partial charge in [-0.15, -0.1) is 0 Å². The van der Waals surface area contributed by atoms with Gasteiger partial charge in [0.1, 0.15) is 0 Å². The zero-order chi connectivity index (χ0) is 25.9. The Hall–Kier alpha value is -0.690. The first-order valence-electron chi connectivity index (χ1n) is 14.3. The van der Waals surface area contributed by atoms with E-state index < -0.39 is 24.4 Å². The molecule has 0 radical (unpaired) electrons. The van der Waals surface area contributed by atoms with Crippen molar-refractivity contribution in [2.45, 2.75) is 111 Å². The molecule has 35 heavy (non-hydrogen) atoms. The molecule has 3 saturated carbocycles. The maximum atomic E-state index is 13.0. The normalized spacial score (nSPS) is 47.1. The molecule has 0 unspecified atom stereocenters. The average Bonchev–Trinajstić information content (AvgIpc) is 3.11. The van der Waals surface area contributed by atoms with Gasteiger partial charge in [-0.25, -0.2) is 0 Å². The van der Waals surface area contributed by atoms with Gasteiger partial charge in [0.15, 0.2) is 0 Å². The molecular weight excluding hydrogens is 444 g/mol. The van der Waals surface area contributed by atoms with E-state index in [4.69, 9.17) is 4.74 Å². The minimum atomic E-state index is -0.867. The molecule has 202 valence electrons. The van der Waals surface area contributed by atoms with Gasteiger partial charge in [-0.2, -0.15) is 0 Å². The molecule has 6 heteroatoms. The van der Waals surface area contributed by atoms with Gasteiger partial charge in [0, 0.05) is 0 Å². The van der Waals surface area contributed by atoms with Crippen LogP contribution in [0.4, 0.5) is 0 Å². The fourth-order valence-electron chi connectivity index (χ4n) is 9.60. The summed E-state index contributed by atoms with van der Waals surface area (Å²) in [7, 11) is 0. The SMILES string of the molecule is CC[C@@H](C(C)C)[C@@H](O)[C@H](O)[C@@H](C)[C@H]1CC[C@H]2[C@@H]3COC(=O)[C@H]4C[C@H](O)[C@H](O)C[C@@]4(C)[C@H]3CC[C@@]12C. The zero-order valence-electron chi connectivity index (χ0n) is 22.7. The van der Waals surface area contributed by atoms with Gasteiger partial charge in [-0.1, -0.05) is 48.0 Å². The van der Waals surface area contributed by atoms with Crippen LogP contribution in [0.1, 0.15) is 86.5 Å². The number of aliphatic hydroxyl groups excluding tert-OH is 4. The highest BCUT2D eigenvalue weighted by Crippen LogP contribution is 2.66. The monoisotopic (exact) mass is 494 g/mol. The molecule has 0 aromatic heterocycles. The molecule has 6 nitrogen and oxygen atoms in total. The van der Waals surface area contributed by atoms with Gasteiger partial charge in [-0.05, 0) is 90.8 Å². The first-order valence-corrected chi connectivity index (χ1v) is 14.3. The van der Waals surface area contributed by atoms with Gasteiger partial charge in [-0.3, -0.25) is 4.79 Å². The Kier molecular flexibility index (Phi) is 7.72. The van der Waals surface area contributed by atoms with E-state index in [2.05, 4.69) is 41.5 Å². The zero-order valence-corrected chi connectivity index (χ0v) is 22.7. The molecule has 0 aromatic rings. The third kappa shape index (κ3) is 4.38. The summed E-state index contributed by atoms with van der Waals surface area (Å²) in [4.78, 5) is 13.0. The summed E-state index contributed by atoms with van der Waals surface area (Å²) in [5, 5.41) is 43.2. The van der Waals surface area contributed by atoms with Crippen molar-refractivity contribution in [2.24, 2.45) is 58.2 Å². The highest BCUT2D eigenvalue weighted by atomic mass is 16.5. The van der Waals surface area contributed by atoms with E-state index in [1.165, 1.54) is 0 Å². The van der Waals surface area contributed by atoms with E-state index in [0.717, 1.165) is 32.1 Å². The van der Waals surface area contributed by atoms with E-state index in [9.17, 15) is 25.2 Å². The lowest BCUT2D eigenvalue weighted by molar-refractivity contribution is -0.162. The number of carbonyl (C=O) groups excluding carboxylic acids is 1. The van der Waals surface area contributed by atoms with Crippen molar-refractivity contribution < 1.29 is 30.0 Å². The number of ether oxygens (including phenoxy) is 1. The molecule has 0 aromatic carbocycles. The number of carbonyl (C=O) groups is 1. The molecule has 3 aliphatic carbocycles. The summed E-state index contributed by atoms with van der Waals surface area (Å²) < 4.78 is 5.88. The first kappa shape index (κ1) is 27.3. The van der Waals surface area contributed by atoms with Crippen LogP contribution in [0.25, 0.3) is 0 Å². The van der Waals surface area contributed by atoms with Gasteiger partial charge >= 0.3 is 5.97 Å².